The predicted molar refractivity (Wildman–Crippen MR) is 139 cm³/mol. The van der Waals surface area contributed by atoms with Crippen LogP contribution in [-0.4, -0.2) is 64.8 Å². The van der Waals surface area contributed by atoms with Gasteiger partial charge in [-0.2, -0.15) is 0 Å². The van der Waals surface area contributed by atoms with E-state index in [4.69, 9.17) is 8.85 Å². The fourth-order valence-electron chi connectivity index (χ4n) is 3.65. The van der Waals surface area contributed by atoms with Crippen molar-refractivity contribution in [2.75, 3.05) is 19.6 Å². The Morgan fingerprint density at radius 1 is 0.806 bits per heavy atom. The summed E-state index contributed by atoms with van der Waals surface area (Å²) in [5.74, 6) is 0. The fraction of sp³-hybridized carbons (Fsp3) is 0.875. The topological polar surface area (TPSA) is 39.5 Å². The van der Waals surface area contributed by atoms with Crippen LogP contribution in [0.3, 0.4) is 0 Å². The lowest BCUT2D eigenvalue weighted by atomic mass is 10.0. The second-order valence-electron chi connectivity index (χ2n) is 9.42. The van der Waals surface area contributed by atoms with Gasteiger partial charge < -0.3 is 18.3 Å². The first kappa shape index (κ1) is 28.6. The van der Waals surface area contributed by atoms with Gasteiger partial charge in [-0.25, -0.2) is 4.98 Å². The maximum atomic E-state index is 6.31. The maximum absolute atomic E-state index is 6.31. The van der Waals surface area contributed by atoms with Gasteiger partial charge in [-0.3, -0.25) is 0 Å². The lowest BCUT2D eigenvalue weighted by Gasteiger charge is -2.28. The highest BCUT2D eigenvalue weighted by molar-refractivity contribution is 6.27. The summed E-state index contributed by atoms with van der Waals surface area (Å²) in [5.41, 5.74) is 0.236. The Morgan fingerprint density at radius 3 is 1.71 bits per heavy atom. The van der Waals surface area contributed by atoms with Gasteiger partial charge in [-0.1, -0.05) is 27.7 Å². The van der Waals surface area contributed by atoms with Crippen LogP contribution >= 0.6 is 0 Å². The molecule has 0 atom stereocenters. The zero-order valence-corrected chi connectivity index (χ0v) is 24.3. The van der Waals surface area contributed by atoms with Crippen molar-refractivity contribution >= 4 is 19.5 Å². The number of aryl methyl sites for hydroxylation is 1. The molecule has 1 rings (SSSR count). The van der Waals surface area contributed by atoms with Crippen LogP contribution in [0.2, 0.25) is 12.1 Å². The average Bonchev–Trinajstić information content (AvgIpc) is 3.31. The summed E-state index contributed by atoms with van der Waals surface area (Å²) < 4.78 is 14.8. The van der Waals surface area contributed by atoms with Gasteiger partial charge in [0, 0.05) is 18.9 Å². The molecular formula is C24H51N3O2Si2. The Labute approximate surface area is 197 Å². The molecule has 0 saturated heterocycles. The van der Waals surface area contributed by atoms with Crippen molar-refractivity contribution in [3.05, 3.63) is 18.7 Å². The van der Waals surface area contributed by atoms with E-state index in [0.717, 1.165) is 32.2 Å². The van der Waals surface area contributed by atoms with Gasteiger partial charge in [0.15, 0.2) is 19.5 Å². The molecule has 1 aromatic heterocycles. The highest BCUT2D eigenvalue weighted by atomic mass is 28.2. The van der Waals surface area contributed by atoms with Crippen molar-refractivity contribution < 1.29 is 8.85 Å². The van der Waals surface area contributed by atoms with Crippen LogP contribution < -0.4 is 0 Å². The molecule has 0 radical (unpaired) electrons. The summed E-state index contributed by atoms with van der Waals surface area (Å²) >= 11 is 0. The average molecular weight is 470 g/mol. The summed E-state index contributed by atoms with van der Waals surface area (Å²) in [6.07, 6.45) is 14.1. The molecule has 31 heavy (non-hydrogen) atoms. The summed E-state index contributed by atoms with van der Waals surface area (Å²) in [5, 5.41) is 0. The van der Waals surface area contributed by atoms with Crippen LogP contribution in [0.5, 0.6) is 0 Å². The fourth-order valence-corrected chi connectivity index (χ4v) is 6.60. The lowest BCUT2D eigenvalue weighted by molar-refractivity contribution is 0.0848. The molecule has 0 aliphatic rings. The molecule has 0 N–H and O–H groups in total. The van der Waals surface area contributed by atoms with Gasteiger partial charge in [-0.05, 0) is 90.5 Å². The highest BCUT2D eigenvalue weighted by Gasteiger charge is 2.20. The minimum absolute atomic E-state index is 0.118. The van der Waals surface area contributed by atoms with Crippen LogP contribution in [0.4, 0.5) is 0 Å². The van der Waals surface area contributed by atoms with Gasteiger partial charge in [0.1, 0.15) is 0 Å². The quantitative estimate of drug-likeness (QED) is 0.207. The first-order valence-corrected chi connectivity index (χ1v) is 16.0. The minimum Gasteiger partial charge on any atom is -0.419 e. The molecule has 0 unspecified atom stereocenters. The third kappa shape index (κ3) is 12.4. The van der Waals surface area contributed by atoms with E-state index < -0.39 is 19.5 Å². The monoisotopic (exact) mass is 469 g/mol. The van der Waals surface area contributed by atoms with E-state index in [1.54, 1.807) is 0 Å². The molecule has 0 fully saturated rings. The number of hydrogen-bond donors (Lipinski definition) is 0. The molecule has 0 spiro atoms. The number of imidazole rings is 1. The van der Waals surface area contributed by atoms with Gasteiger partial charge in [0.05, 0.1) is 17.5 Å². The second-order valence-corrected chi connectivity index (χ2v) is 12.2. The Balaban J connectivity index is 2.33. The summed E-state index contributed by atoms with van der Waals surface area (Å²) in [4.78, 5) is 6.84. The molecule has 0 aliphatic heterocycles. The van der Waals surface area contributed by atoms with E-state index in [1.165, 1.54) is 51.0 Å². The number of rotatable bonds is 20. The number of nitrogens with zero attached hydrogens (tertiary/aromatic N) is 3. The van der Waals surface area contributed by atoms with Crippen molar-refractivity contribution in [1.82, 2.24) is 14.5 Å². The zero-order valence-electron chi connectivity index (χ0n) is 21.5. The summed E-state index contributed by atoms with van der Waals surface area (Å²) in [6.45, 7) is 18.2. The van der Waals surface area contributed by atoms with E-state index in [2.05, 4.69) is 62.2 Å². The molecule has 7 heteroatoms. The van der Waals surface area contributed by atoms with Gasteiger partial charge >= 0.3 is 0 Å². The van der Waals surface area contributed by atoms with Crippen molar-refractivity contribution in [3.63, 3.8) is 0 Å². The normalized spacial score (nSPS) is 13.5. The van der Waals surface area contributed by atoms with Crippen LogP contribution in [-0.2, 0) is 15.4 Å². The summed E-state index contributed by atoms with van der Waals surface area (Å²) in [7, 11) is -0.824. The van der Waals surface area contributed by atoms with E-state index in [0.29, 0.717) is 0 Å². The maximum Gasteiger partial charge on any atom is 0.162 e. The van der Waals surface area contributed by atoms with Crippen molar-refractivity contribution in [2.24, 2.45) is 0 Å². The predicted octanol–water partition coefficient (Wildman–Crippen LogP) is 4.55. The van der Waals surface area contributed by atoms with Crippen molar-refractivity contribution in [1.29, 1.82) is 0 Å². The van der Waals surface area contributed by atoms with E-state index in [-0.39, 0.29) is 11.2 Å². The Hall–Kier alpha value is -0.476. The molecule has 5 nitrogen and oxygen atoms in total. The largest absolute Gasteiger partial charge is 0.419 e. The first-order chi connectivity index (χ1) is 14.9. The Bertz CT molecular complexity index is 507. The van der Waals surface area contributed by atoms with E-state index in [9.17, 15) is 0 Å². The standard InChI is InChI=1S/C24H51N3O2Si2/c1-7-23(5,8-2)28-30-20-12-17-26(15-11-16-27-19-14-25-22-27)18-13-21-31-29-24(6,9-3)10-4/h14,19,22H,7-13,15-18,20-21,30-31H2,1-6H3. The molecule has 0 bridgehead atoms. The van der Waals surface area contributed by atoms with Crippen LogP contribution in [0.25, 0.3) is 0 Å². The van der Waals surface area contributed by atoms with Crippen LogP contribution in [0.15, 0.2) is 18.7 Å². The smallest absolute Gasteiger partial charge is 0.162 e. The molecule has 1 aromatic rings. The van der Waals surface area contributed by atoms with Crippen molar-refractivity contribution in [3.8, 4) is 0 Å². The van der Waals surface area contributed by atoms with E-state index >= 15 is 0 Å². The van der Waals surface area contributed by atoms with Gasteiger partial charge in [0.25, 0.3) is 0 Å². The molecule has 0 amide bonds. The molecule has 0 aliphatic carbocycles. The molecule has 0 saturated carbocycles. The minimum atomic E-state index is -0.412. The Kier molecular flexibility index (Phi) is 14.9. The summed E-state index contributed by atoms with van der Waals surface area (Å²) in [6, 6.07) is 2.58. The molecule has 182 valence electrons. The number of hydrogen-bond acceptors (Lipinski definition) is 4. The highest BCUT2D eigenvalue weighted by Crippen LogP contribution is 2.20. The van der Waals surface area contributed by atoms with Crippen molar-refractivity contribution in [2.45, 2.75) is 116 Å². The third-order valence-corrected chi connectivity index (χ3v) is 10.5. The number of aromatic nitrogens is 2. The van der Waals surface area contributed by atoms with Gasteiger partial charge in [-0.15, -0.1) is 0 Å². The van der Waals surface area contributed by atoms with Gasteiger partial charge in [0.2, 0.25) is 0 Å². The molecule has 0 aromatic carbocycles. The Morgan fingerprint density at radius 2 is 1.29 bits per heavy atom. The second kappa shape index (κ2) is 16.2. The zero-order chi connectivity index (χ0) is 23.0. The first-order valence-electron chi connectivity index (χ1n) is 12.9. The lowest BCUT2D eigenvalue weighted by Crippen LogP contribution is -2.31. The molecular weight excluding hydrogens is 418 g/mol. The third-order valence-electron chi connectivity index (χ3n) is 7.08. The molecule has 1 heterocycles. The SMILES string of the molecule is CCC(C)(CC)O[SiH2]CCCN(CCC[SiH2]OC(C)(CC)CC)CCCn1ccnc1. The van der Waals surface area contributed by atoms with Crippen LogP contribution in [0, 0.1) is 0 Å². The van der Waals surface area contributed by atoms with E-state index in [1.807, 2.05) is 12.5 Å². The van der Waals surface area contributed by atoms with Crippen LogP contribution in [0.1, 0.15) is 86.5 Å².